The summed E-state index contributed by atoms with van der Waals surface area (Å²) >= 11 is 5.89. The minimum absolute atomic E-state index is 0.0162. The number of sulfonamides is 1. The fourth-order valence-corrected chi connectivity index (χ4v) is 2.97. The Balaban J connectivity index is 2.08. The first-order valence-corrected chi connectivity index (χ1v) is 9.37. The molecule has 2 aromatic rings. The van der Waals surface area contributed by atoms with Gasteiger partial charge in [0.25, 0.3) is 5.91 Å². The Morgan fingerprint density at radius 3 is 2.35 bits per heavy atom. The highest BCUT2D eigenvalue weighted by Gasteiger charge is 2.18. The topological polar surface area (TPSA) is 116 Å². The van der Waals surface area contributed by atoms with Crippen LogP contribution in [0.1, 0.15) is 21.5 Å². The Bertz CT molecular complexity index is 953. The van der Waals surface area contributed by atoms with E-state index in [9.17, 15) is 18.0 Å². The maximum absolute atomic E-state index is 12.1. The molecule has 0 aliphatic heterocycles. The van der Waals surface area contributed by atoms with Gasteiger partial charge < -0.3 is 10.1 Å². The molecule has 138 valence electrons. The number of benzene rings is 2. The summed E-state index contributed by atoms with van der Waals surface area (Å²) in [5, 5.41) is 7.68. The molecule has 2 aromatic carbocycles. The molecule has 0 aromatic heterocycles. The quantitative estimate of drug-likeness (QED) is 0.753. The Kier molecular flexibility index (Phi) is 6.01. The van der Waals surface area contributed by atoms with Crippen molar-refractivity contribution in [2.75, 3.05) is 11.9 Å². The van der Waals surface area contributed by atoms with E-state index < -0.39 is 28.5 Å². The Morgan fingerprint density at radius 1 is 1.15 bits per heavy atom. The van der Waals surface area contributed by atoms with Gasteiger partial charge in [-0.1, -0.05) is 29.8 Å². The fourth-order valence-electron chi connectivity index (χ4n) is 2.23. The molecule has 0 aliphatic rings. The van der Waals surface area contributed by atoms with Gasteiger partial charge in [-0.25, -0.2) is 18.4 Å². The number of carbonyl (C=O) groups excluding carboxylic acids is 2. The number of esters is 1. The van der Waals surface area contributed by atoms with Crippen LogP contribution in [-0.2, 0) is 19.6 Å². The van der Waals surface area contributed by atoms with E-state index in [-0.39, 0.29) is 15.5 Å². The monoisotopic (exact) mass is 396 g/mol. The van der Waals surface area contributed by atoms with Crippen molar-refractivity contribution in [3.8, 4) is 0 Å². The zero-order valence-corrected chi connectivity index (χ0v) is 15.6. The minimum Gasteiger partial charge on any atom is -0.452 e. The summed E-state index contributed by atoms with van der Waals surface area (Å²) in [5.74, 6) is -1.47. The van der Waals surface area contributed by atoms with Crippen molar-refractivity contribution >= 4 is 39.2 Å². The SMILES string of the molecule is Cc1cccc(C)c1NC(=O)COC(=O)c1cc(S(N)(=O)=O)ccc1Cl. The lowest BCUT2D eigenvalue weighted by Crippen LogP contribution is -2.22. The molecule has 26 heavy (non-hydrogen) atoms. The summed E-state index contributed by atoms with van der Waals surface area (Å²) in [7, 11) is -4.00. The van der Waals surface area contributed by atoms with Crippen LogP contribution in [0.15, 0.2) is 41.3 Å². The van der Waals surface area contributed by atoms with E-state index >= 15 is 0 Å². The van der Waals surface area contributed by atoms with Crippen LogP contribution >= 0.6 is 11.6 Å². The van der Waals surface area contributed by atoms with E-state index in [1.165, 1.54) is 12.1 Å². The maximum atomic E-state index is 12.1. The predicted octanol–water partition coefficient (Wildman–Crippen LogP) is 2.40. The first-order valence-electron chi connectivity index (χ1n) is 7.45. The molecule has 0 atom stereocenters. The predicted molar refractivity (Wildman–Crippen MR) is 97.7 cm³/mol. The lowest BCUT2D eigenvalue weighted by atomic mass is 10.1. The molecule has 0 saturated heterocycles. The van der Waals surface area contributed by atoms with Gasteiger partial charge in [-0.05, 0) is 43.2 Å². The zero-order chi connectivity index (χ0) is 19.5. The van der Waals surface area contributed by atoms with Crippen molar-refractivity contribution in [3.63, 3.8) is 0 Å². The number of anilines is 1. The molecule has 1 amide bonds. The molecule has 2 rings (SSSR count). The van der Waals surface area contributed by atoms with E-state index in [1.807, 2.05) is 32.0 Å². The highest BCUT2D eigenvalue weighted by molar-refractivity contribution is 7.89. The van der Waals surface area contributed by atoms with E-state index in [4.69, 9.17) is 21.5 Å². The molecule has 0 spiro atoms. The van der Waals surface area contributed by atoms with Crippen molar-refractivity contribution in [3.05, 3.63) is 58.1 Å². The number of rotatable bonds is 5. The number of halogens is 1. The number of hydrogen-bond donors (Lipinski definition) is 2. The van der Waals surface area contributed by atoms with Gasteiger partial charge in [0.2, 0.25) is 10.0 Å². The summed E-state index contributed by atoms with van der Waals surface area (Å²) in [6, 6.07) is 8.93. The molecule has 0 aliphatic carbocycles. The smallest absolute Gasteiger partial charge is 0.340 e. The van der Waals surface area contributed by atoms with Crippen molar-refractivity contribution in [2.45, 2.75) is 18.7 Å². The molecular formula is C17H17ClN2O5S. The zero-order valence-electron chi connectivity index (χ0n) is 14.1. The third-order valence-electron chi connectivity index (χ3n) is 3.57. The average Bonchev–Trinajstić information content (AvgIpc) is 2.55. The van der Waals surface area contributed by atoms with Gasteiger partial charge in [0, 0.05) is 5.69 Å². The Labute approximate surface area is 156 Å². The third kappa shape index (κ3) is 4.81. The van der Waals surface area contributed by atoms with Crippen LogP contribution in [0.2, 0.25) is 5.02 Å². The number of ether oxygens (including phenoxy) is 1. The van der Waals surface area contributed by atoms with Crippen molar-refractivity contribution in [2.24, 2.45) is 5.14 Å². The standard InChI is InChI=1S/C17H17ClN2O5S/c1-10-4-3-5-11(2)16(10)20-15(21)9-25-17(22)13-8-12(26(19,23)24)6-7-14(13)18/h3-8H,9H2,1-2H3,(H,20,21)(H2,19,23,24). The molecule has 0 saturated carbocycles. The number of aryl methyl sites for hydroxylation is 2. The van der Waals surface area contributed by atoms with Crippen molar-refractivity contribution in [1.29, 1.82) is 0 Å². The van der Waals surface area contributed by atoms with Gasteiger partial charge in [-0.2, -0.15) is 0 Å². The summed E-state index contributed by atoms with van der Waals surface area (Å²) in [5.41, 5.74) is 2.18. The van der Waals surface area contributed by atoms with E-state index in [0.29, 0.717) is 5.69 Å². The first-order chi connectivity index (χ1) is 12.1. The maximum Gasteiger partial charge on any atom is 0.340 e. The minimum atomic E-state index is -4.00. The Morgan fingerprint density at radius 2 is 1.77 bits per heavy atom. The van der Waals surface area contributed by atoms with Gasteiger partial charge >= 0.3 is 5.97 Å². The summed E-state index contributed by atoms with van der Waals surface area (Å²) in [4.78, 5) is 23.9. The second-order valence-electron chi connectivity index (χ2n) is 5.58. The number of amides is 1. The summed E-state index contributed by atoms with van der Waals surface area (Å²) in [6.45, 7) is 3.13. The van der Waals surface area contributed by atoms with Crippen LogP contribution in [-0.4, -0.2) is 26.9 Å². The highest BCUT2D eigenvalue weighted by Crippen LogP contribution is 2.21. The molecule has 0 fully saturated rings. The van der Waals surface area contributed by atoms with Crippen LogP contribution < -0.4 is 10.5 Å². The molecule has 0 heterocycles. The molecule has 0 unspecified atom stereocenters. The van der Waals surface area contributed by atoms with E-state index in [2.05, 4.69) is 5.32 Å². The molecule has 9 heteroatoms. The average molecular weight is 397 g/mol. The van der Waals surface area contributed by atoms with Gasteiger partial charge in [0.1, 0.15) is 0 Å². The molecule has 0 bridgehead atoms. The van der Waals surface area contributed by atoms with Gasteiger partial charge in [0.05, 0.1) is 15.5 Å². The normalized spacial score (nSPS) is 11.1. The van der Waals surface area contributed by atoms with Gasteiger partial charge in [0.15, 0.2) is 6.61 Å². The van der Waals surface area contributed by atoms with Crippen LogP contribution in [0.25, 0.3) is 0 Å². The lowest BCUT2D eigenvalue weighted by molar-refractivity contribution is -0.119. The van der Waals surface area contributed by atoms with Crippen LogP contribution in [0.3, 0.4) is 0 Å². The van der Waals surface area contributed by atoms with Crippen molar-refractivity contribution < 1.29 is 22.7 Å². The molecular weight excluding hydrogens is 380 g/mol. The first kappa shape index (κ1) is 19.9. The summed E-state index contributed by atoms with van der Waals surface area (Å²) in [6.07, 6.45) is 0. The van der Waals surface area contributed by atoms with E-state index in [0.717, 1.165) is 17.2 Å². The Hall–Kier alpha value is -2.42. The molecule has 3 N–H and O–H groups in total. The van der Waals surface area contributed by atoms with Crippen LogP contribution in [0.5, 0.6) is 0 Å². The highest BCUT2D eigenvalue weighted by atomic mass is 35.5. The van der Waals surface area contributed by atoms with Crippen molar-refractivity contribution in [1.82, 2.24) is 0 Å². The summed E-state index contributed by atoms with van der Waals surface area (Å²) < 4.78 is 27.7. The molecule has 7 nitrogen and oxygen atoms in total. The number of para-hydroxylation sites is 1. The third-order valence-corrected chi connectivity index (χ3v) is 4.81. The van der Waals surface area contributed by atoms with E-state index in [1.54, 1.807) is 0 Å². The lowest BCUT2D eigenvalue weighted by Gasteiger charge is -2.12. The number of carbonyl (C=O) groups is 2. The van der Waals surface area contributed by atoms with Gasteiger partial charge in [-0.15, -0.1) is 0 Å². The fraction of sp³-hybridized carbons (Fsp3) is 0.176. The van der Waals surface area contributed by atoms with Gasteiger partial charge in [-0.3, -0.25) is 4.79 Å². The largest absolute Gasteiger partial charge is 0.452 e. The number of nitrogens with one attached hydrogen (secondary N) is 1. The molecule has 0 radical (unpaired) electrons. The number of primary sulfonamides is 1. The second kappa shape index (κ2) is 7.86. The number of nitrogens with two attached hydrogens (primary N) is 1. The van der Waals surface area contributed by atoms with Crippen LogP contribution in [0, 0.1) is 13.8 Å². The number of hydrogen-bond acceptors (Lipinski definition) is 5. The van der Waals surface area contributed by atoms with Crippen LogP contribution in [0.4, 0.5) is 5.69 Å². The second-order valence-corrected chi connectivity index (χ2v) is 7.55.